The first-order valence-electron chi connectivity index (χ1n) is 6.67. The lowest BCUT2D eigenvalue weighted by Crippen LogP contribution is -2.05. The van der Waals surface area contributed by atoms with Crippen molar-refractivity contribution in [2.75, 3.05) is 6.61 Å². The topological polar surface area (TPSA) is 91.0 Å². The highest BCUT2D eigenvalue weighted by Crippen LogP contribution is 2.11. The van der Waals surface area contributed by atoms with Crippen LogP contribution in [0.5, 0.6) is 0 Å². The molecule has 0 fully saturated rings. The van der Waals surface area contributed by atoms with Gasteiger partial charge in [0.15, 0.2) is 11.5 Å². The second-order valence-electron chi connectivity index (χ2n) is 4.36. The summed E-state index contributed by atoms with van der Waals surface area (Å²) < 4.78 is 9.75. The molecule has 0 unspecified atom stereocenters. The number of esters is 1. The highest BCUT2D eigenvalue weighted by Gasteiger charge is 2.16. The third-order valence-corrected chi connectivity index (χ3v) is 2.95. The molecule has 2 rings (SSSR count). The number of ether oxygens (including phenoxy) is 1. The van der Waals surface area contributed by atoms with Crippen LogP contribution in [0.25, 0.3) is 0 Å². The van der Waals surface area contributed by atoms with E-state index in [0.717, 1.165) is 0 Å². The molecule has 0 saturated carbocycles. The molecule has 1 aromatic carbocycles. The van der Waals surface area contributed by atoms with Crippen LogP contribution < -0.4 is 0 Å². The minimum atomic E-state index is -0.647. The lowest BCUT2D eigenvalue weighted by Gasteiger charge is -1.99. The number of carbonyl (C=O) groups excluding carboxylic acids is 2. The van der Waals surface area contributed by atoms with Crippen LogP contribution in [0.2, 0.25) is 5.02 Å². The highest BCUT2D eigenvalue weighted by atomic mass is 35.5. The minimum absolute atomic E-state index is 0.0143. The van der Waals surface area contributed by atoms with Crippen molar-refractivity contribution in [3.05, 3.63) is 52.4 Å². The zero-order valence-corrected chi connectivity index (χ0v) is 13.2. The number of halogens is 1. The molecule has 23 heavy (non-hydrogen) atoms. The van der Waals surface area contributed by atoms with Gasteiger partial charge in [0.2, 0.25) is 0 Å². The van der Waals surface area contributed by atoms with Crippen LogP contribution in [-0.2, 0) is 9.57 Å². The smallest absolute Gasteiger partial charge is 0.365 e. The van der Waals surface area contributed by atoms with Gasteiger partial charge in [0.25, 0.3) is 0 Å². The predicted octanol–water partition coefficient (Wildman–Crippen LogP) is 3.09. The van der Waals surface area contributed by atoms with Gasteiger partial charge in [0, 0.05) is 11.1 Å². The molecule has 0 aliphatic rings. The van der Waals surface area contributed by atoms with E-state index in [1.165, 1.54) is 18.2 Å². The number of rotatable bonds is 5. The number of oxime groups is 1. The fraction of sp³-hybridized carbons (Fsp3) is 0.200. The Kier molecular flexibility index (Phi) is 5.48. The van der Waals surface area contributed by atoms with Gasteiger partial charge in [-0.2, -0.15) is 0 Å². The Bertz CT molecular complexity index is 737. The van der Waals surface area contributed by atoms with Crippen molar-refractivity contribution in [3.63, 3.8) is 0 Å². The Labute approximate surface area is 136 Å². The molecule has 0 radical (unpaired) electrons. The standard InChI is InChI=1S/C15H13ClN2O5/c1-3-21-15(20)12-8-13(22-18-12)9(2)17-23-14(19)10-4-6-11(16)7-5-10/h4-8H,3H2,1-2H3/b17-9-. The van der Waals surface area contributed by atoms with Gasteiger partial charge in [0.05, 0.1) is 12.2 Å². The van der Waals surface area contributed by atoms with Crippen LogP contribution >= 0.6 is 11.6 Å². The molecular formula is C15H13ClN2O5. The highest BCUT2D eigenvalue weighted by molar-refractivity contribution is 6.30. The lowest BCUT2D eigenvalue weighted by molar-refractivity contribution is 0.0507. The van der Waals surface area contributed by atoms with E-state index in [2.05, 4.69) is 10.3 Å². The lowest BCUT2D eigenvalue weighted by atomic mass is 10.2. The zero-order valence-electron chi connectivity index (χ0n) is 12.4. The van der Waals surface area contributed by atoms with E-state index < -0.39 is 11.9 Å². The van der Waals surface area contributed by atoms with E-state index >= 15 is 0 Å². The molecule has 0 N–H and O–H groups in total. The van der Waals surface area contributed by atoms with E-state index in [-0.39, 0.29) is 23.8 Å². The molecule has 120 valence electrons. The summed E-state index contributed by atoms with van der Waals surface area (Å²) in [4.78, 5) is 28.1. The Hall–Kier alpha value is -2.67. The molecule has 0 amide bonds. The summed E-state index contributed by atoms with van der Waals surface area (Å²) in [6.07, 6.45) is 0. The maximum absolute atomic E-state index is 11.8. The van der Waals surface area contributed by atoms with Gasteiger partial charge in [-0.25, -0.2) is 9.59 Å². The number of nitrogens with zero attached hydrogens (tertiary/aromatic N) is 2. The number of benzene rings is 1. The third kappa shape index (κ3) is 4.40. The van der Waals surface area contributed by atoms with Crippen LogP contribution in [0.4, 0.5) is 0 Å². The van der Waals surface area contributed by atoms with E-state index in [4.69, 9.17) is 25.7 Å². The number of carbonyl (C=O) groups is 2. The van der Waals surface area contributed by atoms with E-state index in [0.29, 0.717) is 10.6 Å². The SMILES string of the molecule is CCOC(=O)c1cc(/C(C)=N\OC(=O)c2ccc(Cl)cc2)on1. The van der Waals surface area contributed by atoms with Crippen LogP contribution in [0.1, 0.15) is 40.5 Å². The van der Waals surface area contributed by atoms with E-state index in [1.807, 2.05) is 0 Å². The quantitative estimate of drug-likeness (QED) is 0.360. The normalized spacial score (nSPS) is 11.2. The summed E-state index contributed by atoms with van der Waals surface area (Å²) in [6, 6.07) is 7.52. The molecule has 2 aromatic rings. The molecule has 1 aromatic heterocycles. The van der Waals surface area contributed by atoms with E-state index in [1.54, 1.807) is 26.0 Å². The van der Waals surface area contributed by atoms with Gasteiger partial charge in [-0.1, -0.05) is 21.9 Å². The second-order valence-corrected chi connectivity index (χ2v) is 4.80. The van der Waals surface area contributed by atoms with Gasteiger partial charge in [-0.15, -0.1) is 0 Å². The number of aromatic nitrogens is 1. The summed E-state index contributed by atoms with van der Waals surface area (Å²) in [5.41, 5.74) is 0.562. The summed E-state index contributed by atoms with van der Waals surface area (Å²) in [5, 5.41) is 7.73. The van der Waals surface area contributed by atoms with Gasteiger partial charge < -0.3 is 14.1 Å². The third-order valence-electron chi connectivity index (χ3n) is 2.70. The molecule has 0 spiro atoms. The predicted molar refractivity (Wildman–Crippen MR) is 81.5 cm³/mol. The summed E-state index contributed by atoms with van der Waals surface area (Å²) >= 11 is 5.74. The number of hydrogen-bond acceptors (Lipinski definition) is 7. The Balaban J connectivity index is 2.03. The molecule has 0 atom stereocenters. The van der Waals surface area contributed by atoms with Gasteiger partial charge >= 0.3 is 11.9 Å². The molecular weight excluding hydrogens is 324 g/mol. The number of hydrogen-bond donors (Lipinski definition) is 0. The van der Waals surface area contributed by atoms with Crippen molar-refractivity contribution in [2.24, 2.45) is 5.16 Å². The Morgan fingerprint density at radius 3 is 2.61 bits per heavy atom. The fourth-order valence-corrected chi connectivity index (χ4v) is 1.67. The summed E-state index contributed by atoms with van der Waals surface area (Å²) in [6.45, 7) is 3.46. The summed E-state index contributed by atoms with van der Waals surface area (Å²) in [7, 11) is 0. The first-order chi connectivity index (χ1) is 11.0. The molecule has 1 heterocycles. The first kappa shape index (κ1) is 16.7. The molecule has 0 saturated heterocycles. The van der Waals surface area contributed by atoms with Gasteiger partial charge in [0.1, 0.15) is 5.71 Å². The molecule has 0 aliphatic heterocycles. The van der Waals surface area contributed by atoms with Crippen LogP contribution in [-0.4, -0.2) is 29.4 Å². The first-order valence-corrected chi connectivity index (χ1v) is 7.04. The maximum atomic E-state index is 11.8. The van der Waals surface area contributed by atoms with Crippen molar-refractivity contribution in [1.82, 2.24) is 5.16 Å². The largest absolute Gasteiger partial charge is 0.461 e. The molecule has 0 aliphatic carbocycles. The van der Waals surface area contributed by atoms with Crippen molar-refractivity contribution < 1.29 is 23.7 Å². The minimum Gasteiger partial charge on any atom is -0.461 e. The Morgan fingerprint density at radius 2 is 1.96 bits per heavy atom. The van der Waals surface area contributed by atoms with Crippen LogP contribution in [0.15, 0.2) is 40.0 Å². The zero-order chi connectivity index (χ0) is 16.8. The monoisotopic (exact) mass is 336 g/mol. The maximum Gasteiger partial charge on any atom is 0.365 e. The van der Waals surface area contributed by atoms with E-state index in [9.17, 15) is 9.59 Å². The average molecular weight is 337 g/mol. The van der Waals surface area contributed by atoms with Crippen LogP contribution in [0.3, 0.4) is 0 Å². The van der Waals surface area contributed by atoms with Crippen molar-refractivity contribution in [1.29, 1.82) is 0 Å². The average Bonchev–Trinajstić information content (AvgIpc) is 3.03. The Morgan fingerprint density at radius 1 is 1.26 bits per heavy atom. The molecule has 0 bridgehead atoms. The summed E-state index contributed by atoms with van der Waals surface area (Å²) in [5.74, 6) is -1.06. The van der Waals surface area contributed by atoms with Gasteiger partial charge in [-0.05, 0) is 38.1 Å². The molecule has 8 heteroatoms. The van der Waals surface area contributed by atoms with Crippen molar-refractivity contribution >= 4 is 29.3 Å². The van der Waals surface area contributed by atoms with Crippen molar-refractivity contribution in [2.45, 2.75) is 13.8 Å². The second kappa shape index (κ2) is 7.55. The van der Waals surface area contributed by atoms with Crippen LogP contribution in [0, 0.1) is 0 Å². The molecule has 7 nitrogen and oxygen atoms in total. The van der Waals surface area contributed by atoms with Crippen molar-refractivity contribution in [3.8, 4) is 0 Å². The van der Waals surface area contributed by atoms with Gasteiger partial charge in [-0.3, -0.25) is 0 Å². The fourth-order valence-electron chi connectivity index (χ4n) is 1.54.